The molecule has 0 saturated heterocycles. The van der Waals surface area contributed by atoms with Crippen molar-refractivity contribution >= 4 is 0 Å². The van der Waals surface area contributed by atoms with Gasteiger partial charge in [0.2, 0.25) is 0 Å². The van der Waals surface area contributed by atoms with E-state index in [1.165, 1.54) is 24.8 Å². The smallest absolute Gasteiger partial charge is 0.0617 e. The summed E-state index contributed by atoms with van der Waals surface area (Å²) in [4.78, 5) is 0. The van der Waals surface area contributed by atoms with Crippen molar-refractivity contribution in [2.75, 3.05) is 6.61 Å². The highest BCUT2D eigenvalue weighted by atomic mass is 16.2. The molecule has 0 spiro atoms. The van der Waals surface area contributed by atoms with Crippen LogP contribution in [0.2, 0.25) is 0 Å². The maximum absolute atomic E-state index is 8.82. The van der Waals surface area contributed by atoms with Crippen molar-refractivity contribution in [3.63, 3.8) is 0 Å². The van der Waals surface area contributed by atoms with Crippen molar-refractivity contribution < 1.29 is 5.11 Å². The summed E-state index contributed by atoms with van der Waals surface area (Å²) in [5.74, 6) is 1.56. The van der Waals surface area contributed by atoms with Gasteiger partial charge in [-0.15, -0.1) is 0 Å². The fourth-order valence-corrected chi connectivity index (χ4v) is 3.30. The minimum absolute atomic E-state index is 0.125. The standard InChI is InChI=1S/C15H22O/c1-11(7-9-16)6-8-15(3)12(2)13-4-5-14(15)10-13/h6-8,13-14,16H,2,4-5,9-10H2,1,3H3. The van der Waals surface area contributed by atoms with Gasteiger partial charge in [0.25, 0.3) is 0 Å². The zero-order valence-electron chi connectivity index (χ0n) is 10.4. The molecular formula is C15H22O. The summed E-state index contributed by atoms with van der Waals surface area (Å²) in [5.41, 5.74) is 2.77. The van der Waals surface area contributed by atoms with Crippen LogP contribution in [0.1, 0.15) is 33.1 Å². The second kappa shape index (κ2) is 4.21. The van der Waals surface area contributed by atoms with Gasteiger partial charge < -0.3 is 5.11 Å². The molecule has 0 radical (unpaired) electrons. The van der Waals surface area contributed by atoms with E-state index >= 15 is 0 Å². The topological polar surface area (TPSA) is 20.2 Å². The van der Waals surface area contributed by atoms with E-state index in [1.54, 1.807) is 0 Å². The molecule has 2 rings (SSSR count). The van der Waals surface area contributed by atoms with Crippen LogP contribution in [0.5, 0.6) is 0 Å². The molecule has 2 aliphatic rings. The van der Waals surface area contributed by atoms with Crippen molar-refractivity contribution in [2.45, 2.75) is 33.1 Å². The number of fused-ring (bicyclic) bond motifs is 2. The Balaban J connectivity index is 2.15. The highest BCUT2D eigenvalue weighted by Gasteiger charge is 2.49. The zero-order chi connectivity index (χ0) is 11.8. The number of rotatable bonds is 3. The predicted molar refractivity (Wildman–Crippen MR) is 68.1 cm³/mol. The number of aliphatic hydroxyl groups excluding tert-OH is 1. The van der Waals surface area contributed by atoms with E-state index in [0.717, 1.165) is 17.4 Å². The molecule has 16 heavy (non-hydrogen) atoms. The first-order valence-corrected chi connectivity index (χ1v) is 6.24. The predicted octanol–water partition coefficient (Wildman–Crippen LogP) is 3.47. The minimum atomic E-state index is 0.125. The van der Waals surface area contributed by atoms with Gasteiger partial charge in [-0.3, -0.25) is 0 Å². The van der Waals surface area contributed by atoms with Gasteiger partial charge in [0, 0.05) is 5.41 Å². The molecule has 3 atom stereocenters. The maximum atomic E-state index is 8.82. The van der Waals surface area contributed by atoms with Crippen LogP contribution in [0.3, 0.4) is 0 Å². The summed E-state index contributed by atoms with van der Waals surface area (Å²) in [5, 5.41) is 8.82. The molecule has 0 heterocycles. The van der Waals surface area contributed by atoms with Gasteiger partial charge in [-0.2, -0.15) is 0 Å². The van der Waals surface area contributed by atoms with Gasteiger partial charge >= 0.3 is 0 Å². The third-order valence-corrected chi connectivity index (χ3v) is 4.57. The zero-order valence-corrected chi connectivity index (χ0v) is 10.4. The van der Waals surface area contributed by atoms with Gasteiger partial charge in [-0.25, -0.2) is 0 Å². The molecule has 0 aliphatic heterocycles. The Bertz CT molecular complexity index is 350. The Morgan fingerprint density at radius 1 is 1.56 bits per heavy atom. The van der Waals surface area contributed by atoms with E-state index in [4.69, 9.17) is 5.11 Å². The van der Waals surface area contributed by atoms with Crippen molar-refractivity contribution in [1.82, 2.24) is 0 Å². The molecule has 2 fully saturated rings. The van der Waals surface area contributed by atoms with E-state index in [2.05, 4.69) is 25.7 Å². The lowest BCUT2D eigenvalue weighted by Crippen LogP contribution is -2.23. The molecule has 0 aromatic heterocycles. The summed E-state index contributed by atoms with van der Waals surface area (Å²) < 4.78 is 0. The third-order valence-electron chi connectivity index (χ3n) is 4.57. The van der Waals surface area contributed by atoms with Crippen molar-refractivity contribution in [2.24, 2.45) is 17.3 Å². The summed E-state index contributed by atoms with van der Waals surface area (Å²) >= 11 is 0. The lowest BCUT2D eigenvalue weighted by atomic mass is 9.71. The molecule has 1 nitrogen and oxygen atoms in total. The highest BCUT2D eigenvalue weighted by Crippen LogP contribution is 2.59. The van der Waals surface area contributed by atoms with E-state index in [0.29, 0.717) is 0 Å². The van der Waals surface area contributed by atoms with E-state index in [1.807, 2.05) is 13.0 Å². The second-order valence-corrected chi connectivity index (χ2v) is 5.48. The van der Waals surface area contributed by atoms with Crippen molar-refractivity contribution in [3.8, 4) is 0 Å². The molecule has 88 valence electrons. The summed E-state index contributed by atoms with van der Waals surface area (Å²) in [6.07, 6.45) is 10.3. The largest absolute Gasteiger partial charge is 0.392 e. The molecule has 0 aromatic carbocycles. The van der Waals surface area contributed by atoms with Gasteiger partial charge in [-0.1, -0.05) is 42.9 Å². The maximum Gasteiger partial charge on any atom is 0.0617 e. The van der Waals surface area contributed by atoms with E-state index in [-0.39, 0.29) is 12.0 Å². The lowest BCUT2D eigenvalue weighted by Gasteiger charge is -2.33. The van der Waals surface area contributed by atoms with Gasteiger partial charge in [-0.05, 0) is 38.0 Å². The van der Waals surface area contributed by atoms with Gasteiger partial charge in [0.15, 0.2) is 0 Å². The molecule has 2 bridgehead atoms. The van der Waals surface area contributed by atoms with Gasteiger partial charge in [0.05, 0.1) is 6.61 Å². The Labute approximate surface area is 98.6 Å². The molecule has 0 amide bonds. The fourth-order valence-electron chi connectivity index (χ4n) is 3.30. The molecule has 2 saturated carbocycles. The molecule has 1 N–H and O–H groups in total. The van der Waals surface area contributed by atoms with Crippen LogP contribution < -0.4 is 0 Å². The second-order valence-electron chi connectivity index (χ2n) is 5.48. The first-order chi connectivity index (χ1) is 7.58. The van der Waals surface area contributed by atoms with Crippen LogP contribution in [-0.2, 0) is 0 Å². The van der Waals surface area contributed by atoms with Crippen molar-refractivity contribution in [3.05, 3.63) is 36.0 Å². The lowest BCUT2D eigenvalue weighted by molar-refractivity contribution is 0.332. The fraction of sp³-hybridized carbons (Fsp3) is 0.600. The Morgan fingerprint density at radius 2 is 2.31 bits per heavy atom. The third kappa shape index (κ3) is 1.78. The van der Waals surface area contributed by atoms with Crippen LogP contribution in [0.15, 0.2) is 36.0 Å². The van der Waals surface area contributed by atoms with Crippen LogP contribution in [0, 0.1) is 17.3 Å². The monoisotopic (exact) mass is 218 g/mol. The summed E-state index contributed by atoms with van der Waals surface area (Å²) in [6.45, 7) is 8.77. The molecule has 2 aliphatic carbocycles. The summed E-state index contributed by atoms with van der Waals surface area (Å²) in [6, 6.07) is 0. The number of aliphatic hydroxyl groups is 1. The normalized spacial score (nSPS) is 38.9. The number of allylic oxidation sites excluding steroid dienone is 4. The van der Waals surface area contributed by atoms with Crippen LogP contribution in [-0.4, -0.2) is 11.7 Å². The van der Waals surface area contributed by atoms with Crippen molar-refractivity contribution in [1.29, 1.82) is 0 Å². The number of hydrogen-bond acceptors (Lipinski definition) is 1. The van der Waals surface area contributed by atoms with Crippen LogP contribution in [0.4, 0.5) is 0 Å². The van der Waals surface area contributed by atoms with Gasteiger partial charge in [0.1, 0.15) is 0 Å². The quantitative estimate of drug-likeness (QED) is 0.568. The Morgan fingerprint density at radius 3 is 2.88 bits per heavy atom. The average molecular weight is 218 g/mol. The molecule has 3 unspecified atom stereocenters. The number of hydrogen-bond donors (Lipinski definition) is 1. The van der Waals surface area contributed by atoms with E-state index < -0.39 is 0 Å². The van der Waals surface area contributed by atoms with E-state index in [9.17, 15) is 0 Å². The first kappa shape index (κ1) is 11.7. The van der Waals surface area contributed by atoms with Crippen LogP contribution >= 0.6 is 0 Å². The Kier molecular flexibility index (Phi) is 3.07. The minimum Gasteiger partial charge on any atom is -0.392 e. The molecular weight excluding hydrogens is 196 g/mol. The average Bonchev–Trinajstić information content (AvgIpc) is 2.81. The first-order valence-electron chi connectivity index (χ1n) is 6.24. The Hall–Kier alpha value is -0.820. The van der Waals surface area contributed by atoms with Crippen LogP contribution in [0.25, 0.3) is 0 Å². The summed E-state index contributed by atoms with van der Waals surface area (Å²) in [7, 11) is 0. The molecule has 0 aromatic rings. The highest BCUT2D eigenvalue weighted by molar-refractivity contribution is 5.32. The molecule has 1 heteroatoms. The SMILES string of the molecule is C=C1C2CCC(C2)C1(C)C=CC(C)=CCO.